The van der Waals surface area contributed by atoms with Crippen molar-refractivity contribution in [1.82, 2.24) is 0 Å². The Labute approximate surface area is 102 Å². The summed E-state index contributed by atoms with van der Waals surface area (Å²) in [6.07, 6.45) is 4.71. The zero-order valence-electron chi connectivity index (χ0n) is 8.20. The minimum Gasteiger partial charge on any atom is -0.393 e. The first-order valence-electron chi connectivity index (χ1n) is 4.63. The first kappa shape index (κ1) is 12.6. The molecule has 0 radical (unpaired) electrons. The molecule has 1 N–H and O–H groups in total. The number of hydrogen-bond acceptors (Lipinski definition) is 3. The summed E-state index contributed by atoms with van der Waals surface area (Å²) in [6, 6.07) is 2.04. The highest BCUT2D eigenvalue weighted by molar-refractivity contribution is 9.10. The van der Waals surface area contributed by atoms with Crippen LogP contribution in [0.4, 0.5) is 0 Å². The molecule has 1 atom stereocenters. The standard InChI is InChI=1S/C10H15BrOS2/c1-13-5-2-3-8(12)7-10-9(11)4-6-14-10/h4,6,8,12H,2-3,5,7H2,1H3. The zero-order chi connectivity index (χ0) is 10.4. The molecule has 0 aliphatic rings. The van der Waals surface area contributed by atoms with E-state index in [1.807, 2.05) is 23.2 Å². The summed E-state index contributed by atoms with van der Waals surface area (Å²) in [5.41, 5.74) is 0. The average molecular weight is 295 g/mol. The molecular weight excluding hydrogens is 280 g/mol. The third-order valence-corrected chi connectivity index (χ3v) is 4.64. The number of thiophene rings is 1. The van der Waals surface area contributed by atoms with Crippen LogP contribution in [0.3, 0.4) is 0 Å². The van der Waals surface area contributed by atoms with Crippen LogP contribution in [0.25, 0.3) is 0 Å². The molecule has 0 aromatic carbocycles. The summed E-state index contributed by atoms with van der Waals surface area (Å²) in [6.45, 7) is 0. The Kier molecular flexibility index (Phi) is 6.17. The number of halogens is 1. The molecule has 0 amide bonds. The molecule has 1 aromatic rings. The first-order valence-corrected chi connectivity index (χ1v) is 7.69. The second-order valence-corrected chi connectivity index (χ2v) is 6.03. The SMILES string of the molecule is CSCCCC(O)Cc1sccc1Br. The highest BCUT2D eigenvalue weighted by atomic mass is 79.9. The van der Waals surface area contributed by atoms with Crippen molar-refractivity contribution in [2.75, 3.05) is 12.0 Å². The lowest BCUT2D eigenvalue weighted by molar-refractivity contribution is 0.165. The Balaban J connectivity index is 2.27. The number of aliphatic hydroxyl groups is 1. The Morgan fingerprint density at radius 1 is 1.64 bits per heavy atom. The monoisotopic (exact) mass is 294 g/mol. The number of thioether (sulfide) groups is 1. The molecule has 0 spiro atoms. The predicted molar refractivity (Wildman–Crippen MR) is 69.3 cm³/mol. The highest BCUT2D eigenvalue weighted by Gasteiger charge is 2.08. The van der Waals surface area contributed by atoms with E-state index in [0.717, 1.165) is 29.5 Å². The summed E-state index contributed by atoms with van der Waals surface area (Å²) in [5.74, 6) is 1.14. The molecule has 0 saturated heterocycles. The Bertz CT molecular complexity index is 262. The predicted octanol–water partition coefficient (Wildman–Crippen LogP) is 3.56. The minimum absolute atomic E-state index is 0.183. The average Bonchev–Trinajstić information content (AvgIpc) is 2.52. The van der Waals surface area contributed by atoms with Gasteiger partial charge in [-0.15, -0.1) is 11.3 Å². The maximum absolute atomic E-state index is 9.75. The third kappa shape index (κ3) is 4.34. The Morgan fingerprint density at radius 2 is 2.43 bits per heavy atom. The van der Waals surface area contributed by atoms with Crippen molar-refractivity contribution >= 4 is 39.0 Å². The van der Waals surface area contributed by atoms with Gasteiger partial charge in [0.1, 0.15) is 0 Å². The van der Waals surface area contributed by atoms with E-state index >= 15 is 0 Å². The van der Waals surface area contributed by atoms with Gasteiger partial charge in [0.2, 0.25) is 0 Å². The van der Waals surface area contributed by atoms with Crippen LogP contribution in [0.5, 0.6) is 0 Å². The van der Waals surface area contributed by atoms with E-state index in [4.69, 9.17) is 0 Å². The molecule has 1 rings (SSSR count). The maximum atomic E-state index is 9.75. The second-order valence-electron chi connectivity index (χ2n) is 3.18. The van der Waals surface area contributed by atoms with Gasteiger partial charge in [-0.3, -0.25) is 0 Å². The van der Waals surface area contributed by atoms with Gasteiger partial charge in [-0.2, -0.15) is 11.8 Å². The quantitative estimate of drug-likeness (QED) is 0.810. The molecule has 1 unspecified atom stereocenters. The Morgan fingerprint density at radius 3 is 3.00 bits per heavy atom. The van der Waals surface area contributed by atoms with Crippen molar-refractivity contribution in [2.24, 2.45) is 0 Å². The van der Waals surface area contributed by atoms with Gasteiger partial charge >= 0.3 is 0 Å². The number of aliphatic hydroxyl groups excluding tert-OH is 1. The largest absolute Gasteiger partial charge is 0.393 e. The van der Waals surface area contributed by atoms with Gasteiger partial charge < -0.3 is 5.11 Å². The second kappa shape index (κ2) is 6.88. The molecule has 0 aliphatic heterocycles. The minimum atomic E-state index is -0.183. The van der Waals surface area contributed by atoms with Crippen LogP contribution in [0.1, 0.15) is 17.7 Å². The summed E-state index contributed by atoms with van der Waals surface area (Å²) in [5, 5.41) is 11.8. The van der Waals surface area contributed by atoms with E-state index in [1.165, 1.54) is 4.88 Å². The summed E-state index contributed by atoms with van der Waals surface area (Å²) >= 11 is 7.01. The molecule has 1 heterocycles. The zero-order valence-corrected chi connectivity index (χ0v) is 11.4. The van der Waals surface area contributed by atoms with Crippen molar-refractivity contribution in [2.45, 2.75) is 25.4 Å². The van der Waals surface area contributed by atoms with Crippen molar-refractivity contribution in [3.8, 4) is 0 Å². The molecular formula is C10H15BrOS2. The fourth-order valence-corrected chi connectivity index (χ4v) is 3.29. The van der Waals surface area contributed by atoms with E-state index < -0.39 is 0 Å². The van der Waals surface area contributed by atoms with E-state index in [0.29, 0.717) is 0 Å². The number of hydrogen-bond donors (Lipinski definition) is 1. The van der Waals surface area contributed by atoms with Gasteiger partial charge in [-0.05, 0) is 52.2 Å². The smallest absolute Gasteiger partial charge is 0.0589 e. The van der Waals surface area contributed by atoms with Gasteiger partial charge in [0.15, 0.2) is 0 Å². The molecule has 0 fully saturated rings. The molecule has 1 aromatic heterocycles. The van der Waals surface area contributed by atoms with Crippen LogP contribution in [0, 0.1) is 0 Å². The summed E-state index contributed by atoms with van der Waals surface area (Å²) in [4.78, 5) is 1.25. The fraction of sp³-hybridized carbons (Fsp3) is 0.600. The first-order chi connectivity index (χ1) is 6.74. The maximum Gasteiger partial charge on any atom is 0.0589 e. The van der Waals surface area contributed by atoms with Crippen LogP contribution in [-0.2, 0) is 6.42 Å². The normalized spacial score (nSPS) is 13.1. The van der Waals surface area contributed by atoms with Crippen molar-refractivity contribution in [3.63, 3.8) is 0 Å². The van der Waals surface area contributed by atoms with Crippen molar-refractivity contribution in [3.05, 3.63) is 20.8 Å². The molecule has 1 nitrogen and oxygen atoms in total. The lowest BCUT2D eigenvalue weighted by atomic mass is 10.1. The molecule has 14 heavy (non-hydrogen) atoms. The van der Waals surface area contributed by atoms with Gasteiger partial charge in [0.05, 0.1) is 6.10 Å². The van der Waals surface area contributed by atoms with Gasteiger partial charge in [-0.1, -0.05) is 0 Å². The molecule has 0 saturated carbocycles. The van der Waals surface area contributed by atoms with Crippen LogP contribution in [0.2, 0.25) is 0 Å². The fourth-order valence-electron chi connectivity index (χ4n) is 1.25. The van der Waals surface area contributed by atoms with Crippen LogP contribution in [0.15, 0.2) is 15.9 Å². The van der Waals surface area contributed by atoms with Crippen LogP contribution in [-0.4, -0.2) is 23.2 Å². The summed E-state index contributed by atoms with van der Waals surface area (Å²) in [7, 11) is 0. The van der Waals surface area contributed by atoms with E-state index in [-0.39, 0.29) is 6.10 Å². The van der Waals surface area contributed by atoms with Gasteiger partial charge in [0.25, 0.3) is 0 Å². The lowest BCUT2D eigenvalue weighted by Crippen LogP contribution is -2.09. The van der Waals surface area contributed by atoms with Crippen LogP contribution < -0.4 is 0 Å². The van der Waals surface area contributed by atoms with Gasteiger partial charge in [0, 0.05) is 15.8 Å². The van der Waals surface area contributed by atoms with E-state index in [1.54, 1.807) is 11.3 Å². The Hall–Kier alpha value is 0.490. The van der Waals surface area contributed by atoms with Gasteiger partial charge in [-0.25, -0.2) is 0 Å². The third-order valence-electron chi connectivity index (χ3n) is 2.00. The van der Waals surface area contributed by atoms with Crippen LogP contribution >= 0.6 is 39.0 Å². The van der Waals surface area contributed by atoms with E-state index in [2.05, 4.69) is 22.2 Å². The van der Waals surface area contributed by atoms with E-state index in [9.17, 15) is 5.11 Å². The van der Waals surface area contributed by atoms with Crippen molar-refractivity contribution < 1.29 is 5.11 Å². The molecule has 0 aliphatic carbocycles. The topological polar surface area (TPSA) is 20.2 Å². The van der Waals surface area contributed by atoms with Crippen molar-refractivity contribution in [1.29, 1.82) is 0 Å². The molecule has 0 bridgehead atoms. The molecule has 4 heteroatoms. The highest BCUT2D eigenvalue weighted by Crippen LogP contribution is 2.24. The lowest BCUT2D eigenvalue weighted by Gasteiger charge is -2.08. The molecule has 80 valence electrons. The number of rotatable bonds is 6. The summed E-state index contributed by atoms with van der Waals surface area (Å²) < 4.78 is 1.13.